The zero-order valence-electron chi connectivity index (χ0n) is 15.5. The molecule has 142 valence electrons. The fraction of sp³-hybridized carbons (Fsp3) is 0.588. The minimum absolute atomic E-state index is 0.391. The first-order valence-corrected chi connectivity index (χ1v) is 9.55. The number of carbonyl (C=O) groups excluding carboxylic acids is 1. The van der Waals surface area contributed by atoms with Crippen molar-refractivity contribution >= 4 is 22.8 Å². The molecule has 1 aromatic rings. The van der Waals surface area contributed by atoms with E-state index in [4.69, 9.17) is 9.57 Å². The summed E-state index contributed by atoms with van der Waals surface area (Å²) >= 11 is 0. The van der Waals surface area contributed by atoms with Gasteiger partial charge in [-0.3, -0.25) is 0 Å². The van der Waals surface area contributed by atoms with Crippen molar-refractivity contribution in [1.29, 1.82) is 0 Å². The van der Waals surface area contributed by atoms with Gasteiger partial charge in [0.25, 0.3) is 0 Å². The number of quaternary nitrogens is 1. The van der Waals surface area contributed by atoms with Crippen LogP contribution in [0.2, 0.25) is 0 Å². The van der Waals surface area contributed by atoms with Crippen LogP contribution in [0.25, 0.3) is 0 Å². The van der Waals surface area contributed by atoms with Gasteiger partial charge < -0.3 is 10.1 Å². The fourth-order valence-corrected chi connectivity index (χ4v) is 3.07. The first kappa shape index (κ1) is 21.6. The van der Waals surface area contributed by atoms with Crippen LogP contribution >= 0.6 is 0 Å². The Balaban J connectivity index is 2.18. The summed E-state index contributed by atoms with van der Waals surface area (Å²) in [5.74, 6) is 0. The molecule has 4 N–H and O–H groups in total. The normalized spacial score (nSPS) is 12.6. The molecule has 0 radical (unpaired) electrons. The number of ether oxygens (including phenoxy) is 1. The predicted molar refractivity (Wildman–Crippen MR) is 97.5 cm³/mol. The summed E-state index contributed by atoms with van der Waals surface area (Å²) in [6.07, 6.45) is 2.25. The Morgan fingerprint density at radius 2 is 1.84 bits per heavy atom. The first-order valence-electron chi connectivity index (χ1n) is 8.40. The van der Waals surface area contributed by atoms with E-state index < -0.39 is 22.7 Å². The number of hydrogen-bond donors (Lipinski definition) is 3. The van der Waals surface area contributed by atoms with Crippen molar-refractivity contribution in [1.82, 2.24) is 10.0 Å². The predicted octanol–water partition coefficient (Wildman–Crippen LogP) is 1.75. The third kappa shape index (κ3) is 9.54. The molecule has 0 saturated carbocycles. The van der Waals surface area contributed by atoms with Crippen LogP contribution in [0.1, 0.15) is 40.0 Å². The Bertz CT molecular complexity index is 561. The van der Waals surface area contributed by atoms with Gasteiger partial charge in [-0.15, -0.1) is 0 Å². The maximum atomic E-state index is 12.3. The number of unbranched alkanes of at least 4 members (excludes halogenated alkanes) is 2. The molecule has 0 aliphatic carbocycles. The van der Waals surface area contributed by atoms with Crippen molar-refractivity contribution in [2.75, 3.05) is 20.2 Å². The summed E-state index contributed by atoms with van der Waals surface area (Å²) in [6, 6.07) is 7.41. The Kier molecular flexibility index (Phi) is 9.66. The molecule has 0 aromatic heterocycles. The molecular weight excluding hydrogens is 342 g/mol. The van der Waals surface area contributed by atoms with Crippen LogP contribution in [0.4, 0.5) is 10.5 Å². The number of rotatable bonds is 10. The SMILES string of the molecule is CO[NH2+]c1ccccc1S(=O)NCCCCCNC(=O)OC(C)(C)C. The van der Waals surface area contributed by atoms with Crippen LogP contribution in [0.5, 0.6) is 0 Å². The van der Waals surface area contributed by atoms with E-state index in [9.17, 15) is 9.00 Å². The smallest absolute Gasteiger partial charge is 0.407 e. The van der Waals surface area contributed by atoms with Gasteiger partial charge in [0.05, 0.1) is 7.11 Å². The zero-order chi connectivity index (χ0) is 18.7. The van der Waals surface area contributed by atoms with E-state index >= 15 is 0 Å². The monoisotopic (exact) mass is 372 g/mol. The van der Waals surface area contributed by atoms with Gasteiger partial charge in [-0.2, -0.15) is 5.48 Å². The lowest BCUT2D eigenvalue weighted by Gasteiger charge is -2.19. The van der Waals surface area contributed by atoms with Crippen LogP contribution < -0.4 is 15.5 Å². The molecule has 8 heteroatoms. The lowest BCUT2D eigenvalue weighted by Crippen LogP contribution is -2.76. The Hall–Kier alpha value is -1.48. The Morgan fingerprint density at radius 1 is 1.16 bits per heavy atom. The summed E-state index contributed by atoms with van der Waals surface area (Å²) in [5, 5.41) is 2.73. The minimum Gasteiger partial charge on any atom is -0.444 e. The van der Waals surface area contributed by atoms with Gasteiger partial charge in [-0.1, -0.05) is 18.6 Å². The van der Waals surface area contributed by atoms with Gasteiger partial charge >= 0.3 is 6.09 Å². The first-order chi connectivity index (χ1) is 11.8. The van der Waals surface area contributed by atoms with Gasteiger partial charge in [0.2, 0.25) is 0 Å². The molecule has 0 saturated heterocycles. The molecular formula is C17H30N3O4S+. The molecule has 7 nitrogen and oxygen atoms in total. The third-order valence-electron chi connectivity index (χ3n) is 3.12. The molecule has 0 aliphatic heterocycles. The number of nitrogens with one attached hydrogen (secondary N) is 2. The molecule has 0 spiro atoms. The van der Waals surface area contributed by atoms with Gasteiger partial charge in [0, 0.05) is 19.2 Å². The number of alkyl carbamates (subject to hydrolysis) is 1. The maximum absolute atomic E-state index is 12.3. The zero-order valence-corrected chi connectivity index (χ0v) is 16.3. The third-order valence-corrected chi connectivity index (χ3v) is 4.36. The van der Waals surface area contributed by atoms with Crippen molar-refractivity contribution in [3.63, 3.8) is 0 Å². The Labute approximate surface area is 152 Å². The van der Waals surface area contributed by atoms with E-state index in [1.165, 1.54) is 0 Å². The number of benzene rings is 1. The number of amides is 1. The molecule has 1 amide bonds. The summed E-state index contributed by atoms with van der Waals surface area (Å²) in [4.78, 5) is 17.2. The molecule has 1 rings (SSSR count). The van der Waals surface area contributed by atoms with Gasteiger partial charge in [0.1, 0.15) is 21.5 Å². The highest BCUT2D eigenvalue weighted by atomic mass is 32.2. The average molecular weight is 373 g/mol. The van der Waals surface area contributed by atoms with Gasteiger partial charge in [0.15, 0.2) is 5.69 Å². The quantitative estimate of drug-likeness (QED) is 0.331. The fourth-order valence-electron chi connectivity index (χ4n) is 2.05. The van der Waals surface area contributed by atoms with Crippen molar-refractivity contribution in [3.05, 3.63) is 24.3 Å². The Morgan fingerprint density at radius 3 is 2.52 bits per heavy atom. The number of nitrogens with two attached hydrogens (primary N) is 1. The topological polar surface area (TPSA) is 93.3 Å². The number of hydrogen-bond acceptors (Lipinski definition) is 4. The lowest BCUT2D eigenvalue weighted by molar-refractivity contribution is -0.831. The highest BCUT2D eigenvalue weighted by Gasteiger charge is 2.15. The minimum atomic E-state index is -1.27. The van der Waals surface area contributed by atoms with Crippen LogP contribution in [-0.4, -0.2) is 36.1 Å². The van der Waals surface area contributed by atoms with Gasteiger partial charge in [-0.25, -0.2) is 18.6 Å². The maximum Gasteiger partial charge on any atom is 0.407 e. The molecule has 1 aromatic carbocycles. The van der Waals surface area contributed by atoms with Crippen molar-refractivity contribution in [2.24, 2.45) is 0 Å². The van der Waals surface area contributed by atoms with E-state index in [-0.39, 0.29) is 0 Å². The van der Waals surface area contributed by atoms with Crippen LogP contribution in [0, 0.1) is 0 Å². The van der Waals surface area contributed by atoms with Crippen LogP contribution in [0.15, 0.2) is 29.2 Å². The summed E-state index contributed by atoms with van der Waals surface area (Å²) in [6.45, 7) is 6.72. The molecule has 0 aliphatic rings. The van der Waals surface area contributed by atoms with E-state index in [0.717, 1.165) is 24.9 Å². The second-order valence-corrected chi connectivity index (χ2v) is 7.81. The van der Waals surface area contributed by atoms with Crippen molar-refractivity contribution < 1.29 is 24.1 Å². The lowest BCUT2D eigenvalue weighted by atomic mass is 10.2. The molecule has 0 bridgehead atoms. The summed E-state index contributed by atoms with van der Waals surface area (Å²) < 4.78 is 20.5. The van der Waals surface area contributed by atoms with E-state index in [2.05, 4.69) is 10.0 Å². The van der Waals surface area contributed by atoms with Crippen LogP contribution in [-0.2, 0) is 20.6 Å². The highest BCUT2D eigenvalue weighted by molar-refractivity contribution is 7.83. The molecule has 1 atom stereocenters. The molecule has 0 heterocycles. The van der Waals surface area contributed by atoms with Crippen LogP contribution in [0.3, 0.4) is 0 Å². The number of carbonyl (C=O) groups is 1. The second-order valence-electron chi connectivity index (χ2n) is 6.54. The molecule has 0 fully saturated rings. The van der Waals surface area contributed by atoms with Gasteiger partial charge in [-0.05, 0) is 39.7 Å². The summed E-state index contributed by atoms with van der Waals surface area (Å²) in [7, 11) is 0.294. The van der Waals surface area contributed by atoms with E-state index in [1.807, 2.05) is 45.0 Å². The average Bonchev–Trinajstić information content (AvgIpc) is 2.53. The van der Waals surface area contributed by atoms with E-state index in [1.54, 1.807) is 12.6 Å². The van der Waals surface area contributed by atoms with E-state index in [0.29, 0.717) is 18.0 Å². The van der Waals surface area contributed by atoms with Crippen molar-refractivity contribution in [3.8, 4) is 0 Å². The molecule has 1 unspecified atom stereocenters. The molecule has 25 heavy (non-hydrogen) atoms. The highest BCUT2D eigenvalue weighted by Crippen LogP contribution is 2.13. The van der Waals surface area contributed by atoms with Crippen molar-refractivity contribution in [2.45, 2.75) is 50.5 Å². The summed E-state index contributed by atoms with van der Waals surface area (Å²) in [5.41, 5.74) is 1.91. The second kappa shape index (κ2) is 11.2. The standard InChI is InChI=1S/C17H29N3O4S/c1-17(2,3)24-16(21)18-12-8-5-9-13-19-25(22)15-11-7-6-10-14(15)20-23-4/h6-7,10-11,19-20H,5,8-9,12-13H2,1-4H3,(H,18,21)/p+1. The largest absolute Gasteiger partial charge is 0.444 e.